The lowest BCUT2D eigenvalue weighted by Crippen LogP contribution is -2.25. The Morgan fingerprint density at radius 2 is 2.00 bits per heavy atom. The van der Waals surface area contributed by atoms with Crippen LogP contribution in [0, 0.1) is 11.3 Å². The van der Waals surface area contributed by atoms with Crippen LogP contribution in [0.3, 0.4) is 0 Å². The number of nitrogens with zero attached hydrogens (tertiary/aromatic N) is 3. The Balaban J connectivity index is 0.00000192. The Bertz CT molecular complexity index is 802. The summed E-state index contributed by atoms with van der Waals surface area (Å²) in [5.41, 5.74) is 0.0270. The average Bonchev–Trinajstić information content (AvgIpc) is 2.92. The van der Waals surface area contributed by atoms with Gasteiger partial charge in [0.2, 0.25) is 5.95 Å². The first kappa shape index (κ1) is 16.9. The number of aromatic nitrogens is 2. The first-order chi connectivity index (χ1) is 10.4. The van der Waals surface area contributed by atoms with E-state index in [1.54, 1.807) is 13.1 Å². The van der Waals surface area contributed by atoms with Gasteiger partial charge in [-0.05, 0) is 18.6 Å². The lowest BCUT2D eigenvalue weighted by molar-refractivity contribution is -0.138. The highest BCUT2D eigenvalue weighted by Gasteiger charge is 2.38. The number of halogens is 4. The molecule has 0 saturated heterocycles. The summed E-state index contributed by atoms with van der Waals surface area (Å²) in [6.45, 7) is 1.65. The third-order valence-electron chi connectivity index (χ3n) is 3.60. The Kier molecular flexibility index (Phi) is 4.39. The number of hydrogen-bond donors (Lipinski definition) is 1. The van der Waals surface area contributed by atoms with Gasteiger partial charge in [-0.3, -0.25) is 0 Å². The van der Waals surface area contributed by atoms with Crippen molar-refractivity contribution >= 4 is 18.4 Å². The molecule has 1 atom stereocenters. The van der Waals surface area contributed by atoms with Crippen LogP contribution >= 0.6 is 12.4 Å². The van der Waals surface area contributed by atoms with Crippen LogP contribution in [0.5, 0.6) is 0 Å². The Morgan fingerprint density at radius 1 is 1.30 bits per heavy atom. The molecule has 23 heavy (non-hydrogen) atoms. The van der Waals surface area contributed by atoms with Gasteiger partial charge >= 0.3 is 6.18 Å². The number of rotatable bonds is 1. The molecule has 1 aromatic heterocycles. The second-order valence-corrected chi connectivity index (χ2v) is 4.92. The van der Waals surface area contributed by atoms with Crippen molar-refractivity contribution in [1.29, 1.82) is 5.26 Å². The summed E-state index contributed by atoms with van der Waals surface area (Å²) in [6, 6.07) is 6.46. The highest BCUT2D eigenvalue weighted by molar-refractivity contribution is 5.85. The summed E-state index contributed by atoms with van der Waals surface area (Å²) < 4.78 is 41.4. The largest absolute Gasteiger partial charge is 0.416 e. The van der Waals surface area contributed by atoms with Crippen molar-refractivity contribution in [2.24, 2.45) is 0 Å². The number of imidazole rings is 1. The van der Waals surface area contributed by atoms with Gasteiger partial charge in [-0.2, -0.15) is 18.4 Å². The van der Waals surface area contributed by atoms with Crippen LogP contribution in [0.15, 0.2) is 47.9 Å². The van der Waals surface area contributed by atoms with Gasteiger partial charge in [0.15, 0.2) is 0 Å². The lowest BCUT2D eigenvalue weighted by Gasteiger charge is -2.29. The van der Waals surface area contributed by atoms with Gasteiger partial charge in [-0.25, -0.2) is 4.98 Å². The Hall–Kier alpha value is -2.46. The van der Waals surface area contributed by atoms with Crippen molar-refractivity contribution in [1.82, 2.24) is 9.55 Å². The topological polar surface area (TPSA) is 53.6 Å². The van der Waals surface area contributed by atoms with E-state index in [4.69, 9.17) is 0 Å². The van der Waals surface area contributed by atoms with E-state index in [0.29, 0.717) is 11.6 Å². The number of benzene rings is 1. The van der Waals surface area contributed by atoms with E-state index in [2.05, 4.69) is 10.3 Å². The first-order valence-electron chi connectivity index (χ1n) is 6.50. The SMILES string of the molecule is CC1=C(C#N)C(c2ccccc2C(F)(F)F)n2ccnc2N1.Cl. The van der Waals surface area contributed by atoms with Gasteiger partial charge in [0, 0.05) is 18.1 Å². The van der Waals surface area contributed by atoms with Gasteiger partial charge in [-0.15, -0.1) is 12.4 Å². The smallest absolute Gasteiger partial charge is 0.328 e. The molecule has 1 aliphatic rings. The van der Waals surface area contributed by atoms with Crippen LogP contribution in [0.1, 0.15) is 24.1 Å². The maximum absolute atomic E-state index is 13.3. The molecule has 0 radical (unpaired) electrons. The van der Waals surface area contributed by atoms with Gasteiger partial charge in [-0.1, -0.05) is 18.2 Å². The van der Waals surface area contributed by atoms with Gasteiger partial charge < -0.3 is 9.88 Å². The molecule has 0 saturated carbocycles. The third-order valence-corrected chi connectivity index (χ3v) is 3.60. The van der Waals surface area contributed by atoms with Gasteiger partial charge in [0.25, 0.3) is 0 Å². The highest BCUT2D eigenvalue weighted by Crippen LogP contribution is 2.41. The van der Waals surface area contributed by atoms with Crippen molar-refractivity contribution in [3.63, 3.8) is 0 Å². The van der Waals surface area contributed by atoms with E-state index in [9.17, 15) is 18.4 Å². The molecular weight excluding hydrogens is 329 g/mol. The molecule has 1 aromatic carbocycles. The van der Waals surface area contributed by atoms with Gasteiger partial charge in [0.1, 0.15) is 0 Å². The number of alkyl halides is 3. The van der Waals surface area contributed by atoms with E-state index in [1.807, 2.05) is 6.07 Å². The van der Waals surface area contributed by atoms with Crippen LogP contribution in [0.25, 0.3) is 0 Å². The Labute approximate surface area is 136 Å². The van der Waals surface area contributed by atoms with Crippen molar-refractivity contribution in [2.45, 2.75) is 19.1 Å². The maximum atomic E-state index is 13.3. The van der Waals surface area contributed by atoms with Crippen LogP contribution in [0.4, 0.5) is 19.1 Å². The Morgan fingerprint density at radius 3 is 2.65 bits per heavy atom. The minimum absolute atomic E-state index is 0. The van der Waals surface area contributed by atoms with Crippen LogP contribution in [-0.4, -0.2) is 9.55 Å². The second-order valence-electron chi connectivity index (χ2n) is 4.92. The average molecular weight is 341 g/mol. The summed E-state index contributed by atoms with van der Waals surface area (Å²) in [5.74, 6) is 0.415. The molecule has 0 spiro atoms. The zero-order valence-electron chi connectivity index (χ0n) is 11.9. The molecule has 8 heteroatoms. The molecule has 0 amide bonds. The maximum Gasteiger partial charge on any atom is 0.416 e. The number of nitriles is 1. The standard InChI is InChI=1S/C15H11F3N4.ClH/c1-9-11(8-19)13(22-7-6-20-14(22)21-9)10-4-2-3-5-12(10)15(16,17)18;/h2-7,13H,1H3,(H,20,21);1H. The van der Waals surface area contributed by atoms with Crippen LogP contribution in [0.2, 0.25) is 0 Å². The zero-order chi connectivity index (χ0) is 15.9. The molecule has 3 rings (SSSR count). The minimum Gasteiger partial charge on any atom is -0.328 e. The monoisotopic (exact) mass is 340 g/mol. The summed E-state index contributed by atoms with van der Waals surface area (Å²) in [5, 5.41) is 12.3. The van der Waals surface area contributed by atoms with E-state index in [-0.39, 0.29) is 23.5 Å². The molecular formula is C15H12ClF3N4. The fourth-order valence-electron chi connectivity index (χ4n) is 2.64. The first-order valence-corrected chi connectivity index (χ1v) is 6.50. The fraction of sp³-hybridized carbons (Fsp3) is 0.200. The quantitative estimate of drug-likeness (QED) is 0.849. The van der Waals surface area contributed by atoms with Gasteiger partial charge in [0.05, 0.1) is 23.2 Å². The predicted molar refractivity (Wildman–Crippen MR) is 81.0 cm³/mol. The number of fused-ring (bicyclic) bond motifs is 1. The molecule has 2 aromatic rings. The summed E-state index contributed by atoms with van der Waals surface area (Å²) in [7, 11) is 0. The molecule has 2 heterocycles. The summed E-state index contributed by atoms with van der Waals surface area (Å²) in [4.78, 5) is 4.07. The van der Waals surface area contributed by atoms with Crippen molar-refractivity contribution in [3.8, 4) is 6.07 Å². The second kappa shape index (κ2) is 5.97. The number of nitrogens with one attached hydrogen (secondary N) is 1. The van der Waals surface area contributed by atoms with Crippen LogP contribution in [-0.2, 0) is 6.18 Å². The van der Waals surface area contributed by atoms with Crippen molar-refractivity contribution < 1.29 is 13.2 Å². The normalized spacial score (nSPS) is 16.9. The third kappa shape index (κ3) is 2.78. The number of hydrogen-bond acceptors (Lipinski definition) is 3. The molecule has 4 nitrogen and oxygen atoms in total. The molecule has 1 N–H and O–H groups in total. The number of anilines is 1. The van der Waals surface area contributed by atoms with Crippen molar-refractivity contribution in [2.75, 3.05) is 5.32 Å². The molecule has 1 aliphatic heterocycles. The molecule has 120 valence electrons. The van der Waals surface area contributed by atoms with E-state index >= 15 is 0 Å². The van der Waals surface area contributed by atoms with E-state index in [0.717, 1.165) is 6.07 Å². The van der Waals surface area contributed by atoms with Crippen molar-refractivity contribution in [3.05, 3.63) is 59.1 Å². The molecule has 0 aliphatic carbocycles. The molecule has 0 bridgehead atoms. The highest BCUT2D eigenvalue weighted by atomic mass is 35.5. The molecule has 0 fully saturated rings. The predicted octanol–water partition coefficient (Wildman–Crippen LogP) is 4.14. The molecule has 1 unspecified atom stereocenters. The summed E-state index contributed by atoms with van der Waals surface area (Å²) in [6.07, 6.45) is -1.44. The summed E-state index contributed by atoms with van der Waals surface area (Å²) >= 11 is 0. The number of allylic oxidation sites excluding steroid dienone is 2. The zero-order valence-corrected chi connectivity index (χ0v) is 12.7. The van der Waals surface area contributed by atoms with E-state index in [1.165, 1.54) is 29.0 Å². The van der Waals surface area contributed by atoms with Crippen LogP contribution < -0.4 is 5.32 Å². The minimum atomic E-state index is -4.49. The fourth-order valence-corrected chi connectivity index (χ4v) is 2.64. The lowest BCUT2D eigenvalue weighted by atomic mass is 9.92. The van der Waals surface area contributed by atoms with E-state index < -0.39 is 17.8 Å².